The van der Waals surface area contributed by atoms with Crippen LogP contribution in [0.2, 0.25) is 0 Å². The first-order valence-corrected chi connectivity index (χ1v) is 9.15. The SMILES string of the molecule is CCCC(C)COc1ccc([C@H](C)N[S+]([O-])C(C)(C)C)nc1. The smallest absolute Gasteiger partial charge is 0.137 e. The number of hydrogen-bond donors (Lipinski definition) is 1. The summed E-state index contributed by atoms with van der Waals surface area (Å²) in [7, 11) is 0. The summed E-state index contributed by atoms with van der Waals surface area (Å²) in [4.78, 5) is 4.42. The van der Waals surface area contributed by atoms with Crippen LogP contribution in [0.3, 0.4) is 0 Å². The largest absolute Gasteiger partial charge is 0.598 e. The Hall–Kier alpha value is -0.780. The van der Waals surface area contributed by atoms with E-state index in [-0.39, 0.29) is 10.8 Å². The monoisotopic (exact) mass is 326 g/mol. The van der Waals surface area contributed by atoms with Crippen molar-refractivity contribution in [3.8, 4) is 5.75 Å². The lowest BCUT2D eigenvalue weighted by atomic mass is 10.1. The molecule has 1 rings (SSSR count). The number of nitrogens with one attached hydrogen (secondary N) is 1. The molecule has 0 radical (unpaired) electrons. The van der Waals surface area contributed by atoms with Crippen molar-refractivity contribution in [2.24, 2.45) is 5.92 Å². The van der Waals surface area contributed by atoms with Gasteiger partial charge in [0, 0.05) is 11.4 Å². The molecular weight excluding hydrogens is 296 g/mol. The summed E-state index contributed by atoms with van der Waals surface area (Å²) >= 11 is -1.11. The Bertz CT molecular complexity index is 431. The highest BCUT2D eigenvalue weighted by atomic mass is 32.2. The van der Waals surface area contributed by atoms with Gasteiger partial charge in [0.05, 0.1) is 24.5 Å². The Morgan fingerprint density at radius 1 is 1.32 bits per heavy atom. The Morgan fingerprint density at radius 3 is 2.50 bits per heavy atom. The second-order valence-electron chi connectivity index (χ2n) is 6.84. The molecule has 2 unspecified atom stereocenters. The van der Waals surface area contributed by atoms with E-state index in [9.17, 15) is 4.55 Å². The molecule has 0 spiro atoms. The first-order valence-electron chi connectivity index (χ1n) is 8.00. The average Bonchev–Trinajstić information content (AvgIpc) is 2.45. The standard InChI is InChI=1S/C17H30N2O2S/c1-7-8-13(2)12-21-15-9-10-16(18-11-15)14(3)19-22(20)17(4,5)6/h9-11,13-14,19H,7-8,12H2,1-6H3/t13?,14-,22?/m0/s1. The Kier molecular flexibility index (Phi) is 7.66. The Labute approximate surface area is 138 Å². The van der Waals surface area contributed by atoms with Crippen LogP contribution in [0.15, 0.2) is 18.3 Å². The summed E-state index contributed by atoms with van der Waals surface area (Å²) in [6, 6.07) is 3.80. The van der Waals surface area contributed by atoms with Crippen molar-refractivity contribution in [3.05, 3.63) is 24.0 Å². The van der Waals surface area contributed by atoms with E-state index in [1.165, 1.54) is 12.8 Å². The fraction of sp³-hybridized carbons (Fsp3) is 0.706. The van der Waals surface area contributed by atoms with Crippen molar-refractivity contribution in [2.45, 2.75) is 65.2 Å². The average molecular weight is 327 g/mol. The molecule has 1 aromatic heterocycles. The number of hydrogen-bond acceptors (Lipinski definition) is 4. The minimum absolute atomic E-state index is 0.0619. The lowest BCUT2D eigenvalue weighted by Crippen LogP contribution is -2.40. The summed E-state index contributed by atoms with van der Waals surface area (Å²) in [5.41, 5.74) is 0.867. The molecule has 0 saturated carbocycles. The van der Waals surface area contributed by atoms with Crippen molar-refractivity contribution in [1.82, 2.24) is 9.71 Å². The van der Waals surface area contributed by atoms with Gasteiger partial charge in [0.25, 0.3) is 0 Å². The van der Waals surface area contributed by atoms with Gasteiger partial charge in [-0.1, -0.05) is 20.3 Å². The molecule has 0 amide bonds. The van der Waals surface area contributed by atoms with Crippen molar-refractivity contribution in [2.75, 3.05) is 6.61 Å². The summed E-state index contributed by atoms with van der Waals surface area (Å²) in [6.07, 6.45) is 4.09. The third-order valence-electron chi connectivity index (χ3n) is 3.36. The molecule has 0 aliphatic rings. The lowest BCUT2D eigenvalue weighted by molar-refractivity contribution is 0.250. The van der Waals surface area contributed by atoms with Crippen LogP contribution in [-0.2, 0) is 11.4 Å². The van der Waals surface area contributed by atoms with Gasteiger partial charge in [-0.3, -0.25) is 4.98 Å². The minimum Gasteiger partial charge on any atom is -0.598 e. The number of nitrogens with zero attached hydrogens (tertiary/aromatic N) is 1. The molecule has 126 valence electrons. The minimum atomic E-state index is -1.11. The third kappa shape index (κ3) is 6.55. The molecule has 0 saturated heterocycles. The van der Waals surface area contributed by atoms with Crippen molar-refractivity contribution in [3.63, 3.8) is 0 Å². The van der Waals surface area contributed by atoms with Crippen LogP contribution in [0.1, 0.15) is 66.1 Å². The van der Waals surface area contributed by atoms with Gasteiger partial charge >= 0.3 is 0 Å². The molecule has 0 fully saturated rings. The van der Waals surface area contributed by atoms with E-state index in [0.717, 1.165) is 18.1 Å². The lowest BCUT2D eigenvalue weighted by Gasteiger charge is -2.26. The van der Waals surface area contributed by atoms with Crippen molar-refractivity contribution >= 4 is 11.4 Å². The molecule has 0 aliphatic heterocycles. The number of rotatable bonds is 8. The molecule has 0 aromatic carbocycles. The van der Waals surface area contributed by atoms with Gasteiger partial charge in [-0.15, -0.1) is 4.72 Å². The van der Waals surface area contributed by atoms with Crippen LogP contribution in [0.5, 0.6) is 5.75 Å². The van der Waals surface area contributed by atoms with Gasteiger partial charge in [-0.25, -0.2) is 0 Å². The molecule has 5 heteroatoms. The van der Waals surface area contributed by atoms with E-state index in [2.05, 4.69) is 23.6 Å². The highest BCUT2D eigenvalue weighted by molar-refractivity contribution is 7.90. The van der Waals surface area contributed by atoms with Crippen LogP contribution < -0.4 is 9.46 Å². The maximum atomic E-state index is 12.1. The van der Waals surface area contributed by atoms with Gasteiger partial charge in [0.1, 0.15) is 10.5 Å². The predicted octanol–water partition coefficient (Wildman–Crippen LogP) is 4.01. The van der Waals surface area contributed by atoms with Crippen LogP contribution in [0, 0.1) is 5.92 Å². The topological polar surface area (TPSA) is 57.2 Å². The first-order chi connectivity index (χ1) is 10.2. The van der Waals surface area contributed by atoms with E-state index in [1.54, 1.807) is 6.20 Å². The Morgan fingerprint density at radius 2 is 2.00 bits per heavy atom. The van der Waals surface area contributed by atoms with E-state index in [1.807, 2.05) is 39.8 Å². The van der Waals surface area contributed by atoms with Crippen LogP contribution in [-0.4, -0.2) is 20.9 Å². The van der Waals surface area contributed by atoms with Gasteiger partial charge < -0.3 is 9.29 Å². The second-order valence-corrected chi connectivity index (χ2v) is 8.84. The number of aromatic nitrogens is 1. The maximum absolute atomic E-state index is 12.1. The Balaban J connectivity index is 2.53. The number of pyridine rings is 1. The first kappa shape index (κ1) is 19.3. The fourth-order valence-electron chi connectivity index (χ4n) is 1.95. The maximum Gasteiger partial charge on any atom is 0.137 e. The van der Waals surface area contributed by atoms with Gasteiger partial charge in [-0.05, 0) is 52.2 Å². The van der Waals surface area contributed by atoms with Crippen LogP contribution in [0.25, 0.3) is 0 Å². The third-order valence-corrected chi connectivity index (χ3v) is 5.04. The molecule has 22 heavy (non-hydrogen) atoms. The van der Waals surface area contributed by atoms with E-state index in [0.29, 0.717) is 5.92 Å². The molecular formula is C17H30N2O2S. The summed E-state index contributed by atoms with van der Waals surface area (Å²) in [6.45, 7) is 12.9. The highest BCUT2D eigenvalue weighted by Crippen LogP contribution is 2.20. The molecule has 1 N–H and O–H groups in total. The molecule has 4 nitrogen and oxygen atoms in total. The molecule has 3 atom stereocenters. The van der Waals surface area contributed by atoms with Gasteiger partial charge in [0.15, 0.2) is 0 Å². The highest BCUT2D eigenvalue weighted by Gasteiger charge is 2.28. The molecule has 1 aromatic rings. The van der Waals surface area contributed by atoms with E-state index in [4.69, 9.17) is 4.74 Å². The quantitative estimate of drug-likeness (QED) is 0.733. The number of ether oxygens (including phenoxy) is 1. The summed E-state index contributed by atoms with van der Waals surface area (Å²) in [5.74, 6) is 1.34. The molecule has 1 heterocycles. The van der Waals surface area contributed by atoms with E-state index < -0.39 is 11.4 Å². The summed E-state index contributed by atoms with van der Waals surface area (Å²) < 4.78 is 20.7. The molecule has 0 bridgehead atoms. The zero-order chi connectivity index (χ0) is 16.8. The van der Waals surface area contributed by atoms with Crippen LogP contribution >= 0.6 is 0 Å². The van der Waals surface area contributed by atoms with Gasteiger partial charge in [0.2, 0.25) is 0 Å². The fourth-order valence-corrected chi connectivity index (χ4v) is 2.74. The van der Waals surface area contributed by atoms with Gasteiger partial charge in [-0.2, -0.15) is 0 Å². The van der Waals surface area contributed by atoms with Crippen molar-refractivity contribution in [1.29, 1.82) is 0 Å². The van der Waals surface area contributed by atoms with Crippen molar-refractivity contribution < 1.29 is 9.29 Å². The van der Waals surface area contributed by atoms with Crippen LogP contribution in [0.4, 0.5) is 0 Å². The normalized spacial score (nSPS) is 16.1. The second kappa shape index (κ2) is 8.75. The zero-order valence-corrected chi connectivity index (χ0v) is 15.5. The zero-order valence-electron chi connectivity index (χ0n) is 14.7. The summed E-state index contributed by atoms with van der Waals surface area (Å²) in [5, 5.41) is 0. The van der Waals surface area contributed by atoms with E-state index >= 15 is 0 Å². The predicted molar refractivity (Wildman–Crippen MR) is 93.3 cm³/mol. The molecule has 0 aliphatic carbocycles.